The Balaban J connectivity index is 2.39. The molecule has 1 rings (SSSR count). The number of benzene rings is 1. The van der Waals surface area contributed by atoms with Crippen molar-refractivity contribution in [3.05, 3.63) is 29.8 Å². The first-order valence-electron chi connectivity index (χ1n) is 6.20. The first-order chi connectivity index (χ1) is 8.26. The van der Waals surface area contributed by atoms with Crippen LogP contribution < -0.4 is 10.1 Å². The molecule has 1 unspecified atom stereocenters. The van der Waals surface area contributed by atoms with Gasteiger partial charge in [0.25, 0.3) is 0 Å². The van der Waals surface area contributed by atoms with Gasteiger partial charge in [0.05, 0.1) is 0 Å². The van der Waals surface area contributed by atoms with Gasteiger partial charge in [-0.25, -0.2) is 0 Å². The number of hydrogen-bond donors (Lipinski definition) is 1. The van der Waals surface area contributed by atoms with Crippen LogP contribution in [-0.2, 0) is 11.2 Å². The van der Waals surface area contributed by atoms with Crippen LogP contribution in [0.3, 0.4) is 0 Å². The Morgan fingerprint density at radius 3 is 2.53 bits per heavy atom. The summed E-state index contributed by atoms with van der Waals surface area (Å²) in [4.78, 5) is 0. The Hall–Kier alpha value is -1.06. The molecule has 3 nitrogen and oxygen atoms in total. The Kier molecular flexibility index (Phi) is 6.67. The van der Waals surface area contributed by atoms with Gasteiger partial charge in [0.15, 0.2) is 6.79 Å². The van der Waals surface area contributed by atoms with Crippen LogP contribution >= 0.6 is 0 Å². The SMILES string of the molecule is CCCNC(C)Cc1ccc(OCOC)cc1. The summed E-state index contributed by atoms with van der Waals surface area (Å²) >= 11 is 0. The number of methoxy groups -OCH3 is 1. The van der Waals surface area contributed by atoms with Gasteiger partial charge < -0.3 is 14.8 Å². The molecule has 0 aromatic heterocycles. The van der Waals surface area contributed by atoms with Crippen molar-refractivity contribution >= 4 is 0 Å². The van der Waals surface area contributed by atoms with Gasteiger partial charge in [0, 0.05) is 13.2 Å². The first kappa shape index (κ1) is 14.0. The summed E-state index contributed by atoms with van der Waals surface area (Å²) in [6, 6.07) is 8.70. The van der Waals surface area contributed by atoms with E-state index in [-0.39, 0.29) is 0 Å². The summed E-state index contributed by atoms with van der Waals surface area (Å²) in [7, 11) is 1.62. The molecule has 0 saturated heterocycles. The summed E-state index contributed by atoms with van der Waals surface area (Å²) < 4.78 is 10.2. The van der Waals surface area contributed by atoms with E-state index in [1.54, 1.807) is 7.11 Å². The minimum atomic E-state index is 0.299. The Morgan fingerprint density at radius 1 is 1.24 bits per heavy atom. The molecule has 0 heterocycles. The fourth-order valence-electron chi connectivity index (χ4n) is 1.67. The van der Waals surface area contributed by atoms with E-state index in [9.17, 15) is 0 Å². The second-order valence-corrected chi connectivity index (χ2v) is 4.25. The van der Waals surface area contributed by atoms with E-state index in [0.29, 0.717) is 12.8 Å². The fraction of sp³-hybridized carbons (Fsp3) is 0.571. The average Bonchev–Trinajstić information content (AvgIpc) is 2.35. The number of hydrogen-bond acceptors (Lipinski definition) is 3. The quantitative estimate of drug-likeness (QED) is 0.705. The standard InChI is InChI=1S/C14H23NO2/c1-4-9-15-12(2)10-13-5-7-14(8-6-13)17-11-16-3/h5-8,12,15H,4,9-11H2,1-3H3. The molecule has 0 amide bonds. The monoisotopic (exact) mass is 237 g/mol. The van der Waals surface area contributed by atoms with Crippen molar-refractivity contribution in [2.45, 2.75) is 32.7 Å². The van der Waals surface area contributed by atoms with E-state index in [2.05, 4.69) is 31.3 Å². The van der Waals surface area contributed by atoms with Crippen molar-refractivity contribution in [2.24, 2.45) is 0 Å². The molecule has 1 aromatic carbocycles. The van der Waals surface area contributed by atoms with Gasteiger partial charge >= 0.3 is 0 Å². The van der Waals surface area contributed by atoms with Gasteiger partial charge in [-0.2, -0.15) is 0 Å². The van der Waals surface area contributed by atoms with E-state index >= 15 is 0 Å². The molecule has 1 atom stereocenters. The summed E-state index contributed by atoms with van der Waals surface area (Å²) in [6.45, 7) is 5.77. The van der Waals surface area contributed by atoms with Gasteiger partial charge in [0.2, 0.25) is 0 Å². The lowest BCUT2D eigenvalue weighted by Crippen LogP contribution is -2.28. The van der Waals surface area contributed by atoms with E-state index in [0.717, 1.165) is 18.7 Å². The van der Waals surface area contributed by atoms with E-state index < -0.39 is 0 Å². The van der Waals surface area contributed by atoms with Crippen LogP contribution in [0.1, 0.15) is 25.8 Å². The van der Waals surface area contributed by atoms with Gasteiger partial charge in [0.1, 0.15) is 5.75 Å². The van der Waals surface area contributed by atoms with E-state index in [1.165, 1.54) is 12.0 Å². The molecule has 0 bridgehead atoms. The first-order valence-corrected chi connectivity index (χ1v) is 6.20. The molecule has 96 valence electrons. The predicted molar refractivity (Wildman–Crippen MR) is 70.4 cm³/mol. The van der Waals surface area contributed by atoms with Crippen molar-refractivity contribution < 1.29 is 9.47 Å². The third-order valence-electron chi connectivity index (χ3n) is 2.55. The smallest absolute Gasteiger partial charge is 0.188 e. The lowest BCUT2D eigenvalue weighted by atomic mass is 10.1. The second kappa shape index (κ2) is 8.09. The molecule has 0 saturated carbocycles. The number of nitrogens with one attached hydrogen (secondary N) is 1. The molecule has 0 radical (unpaired) electrons. The molecule has 3 heteroatoms. The summed E-state index contributed by atoms with van der Waals surface area (Å²) in [6.07, 6.45) is 2.22. The van der Waals surface area contributed by atoms with Crippen LogP contribution in [0.2, 0.25) is 0 Å². The molecule has 0 aliphatic carbocycles. The molecule has 1 aromatic rings. The topological polar surface area (TPSA) is 30.5 Å². The maximum absolute atomic E-state index is 5.34. The lowest BCUT2D eigenvalue weighted by Gasteiger charge is -2.13. The average molecular weight is 237 g/mol. The molecular weight excluding hydrogens is 214 g/mol. The zero-order valence-electron chi connectivity index (χ0n) is 11.0. The highest BCUT2D eigenvalue weighted by Gasteiger charge is 2.02. The van der Waals surface area contributed by atoms with Gasteiger partial charge in [-0.3, -0.25) is 0 Å². The maximum Gasteiger partial charge on any atom is 0.188 e. The van der Waals surface area contributed by atoms with Crippen molar-refractivity contribution in [3.63, 3.8) is 0 Å². The minimum Gasteiger partial charge on any atom is -0.468 e. The normalized spacial score (nSPS) is 12.4. The highest BCUT2D eigenvalue weighted by atomic mass is 16.7. The summed E-state index contributed by atoms with van der Waals surface area (Å²) in [5, 5.41) is 3.48. The maximum atomic E-state index is 5.34. The Morgan fingerprint density at radius 2 is 1.94 bits per heavy atom. The largest absolute Gasteiger partial charge is 0.468 e. The van der Waals surface area contributed by atoms with Crippen molar-refractivity contribution in [2.75, 3.05) is 20.4 Å². The molecule has 0 aliphatic heterocycles. The van der Waals surface area contributed by atoms with Crippen LogP contribution in [0.5, 0.6) is 5.75 Å². The van der Waals surface area contributed by atoms with E-state index in [4.69, 9.17) is 9.47 Å². The molecule has 17 heavy (non-hydrogen) atoms. The van der Waals surface area contributed by atoms with Crippen LogP contribution in [0.4, 0.5) is 0 Å². The predicted octanol–water partition coefficient (Wildman–Crippen LogP) is 2.60. The second-order valence-electron chi connectivity index (χ2n) is 4.25. The van der Waals surface area contributed by atoms with Gasteiger partial charge in [-0.05, 0) is 44.0 Å². The molecule has 0 spiro atoms. The lowest BCUT2D eigenvalue weighted by molar-refractivity contribution is 0.0511. The molecular formula is C14H23NO2. The van der Waals surface area contributed by atoms with Crippen molar-refractivity contribution in [1.82, 2.24) is 5.32 Å². The number of rotatable bonds is 8. The van der Waals surface area contributed by atoms with Crippen LogP contribution in [-0.4, -0.2) is 26.5 Å². The third kappa shape index (κ3) is 5.71. The van der Waals surface area contributed by atoms with Crippen molar-refractivity contribution in [1.29, 1.82) is 0 Å². The van der Waals surface area contributed by atoms with Crippen molar-refractivity contribution in [3.8, 4) is 5.75 Å². The Bertz CT molecular complexity index is 298. The third-order valence-corrected chi connectivity index (χ3v) is 2.55. The van der Waals surface area contributed by atoms with Crippen LogP contribution in [0.15, 0.2) is 24.3 Å². The van der Waals surface area contributed by atoms with Crippen LogP contribution in [0, 0.1) is 0 Å². The fourth-order valence-corrected chi connectivity index (χ4v) is 1.67. The molecule has 0 aliphatic rings. The Labute approximate surface area is 104 Å². The molecule has 1 N–H and O–H groups in total. The van der Waals surface area contributed by atoms with Gasteiger partial charge in [-0.15, -0.1) is 0 Å². The zero-order valence-corrected chi connectivity index (χ0v) is 11.0. The van der Waals surface area contributed by atoms with E-state index in [1.807, 2.05) is 12.1 Å². The summed E-state index contributed by atoms with van der Waals surface area (Å²) in [5.74, 6) is 0.852. The summed E-state index contributed by atoms with van der Waals surface area (Å²) in [5.41, 5.74) is 1.32. The number of ether oxygens (including phenoxy) is 2. The molecule has 0 fully saturated rings. The zero-order chi connectivity index (χ0) is 12.5. The highest BCUT2D eigenvalue weighted by molar-refractivity contribution is 5.27. The van der Waals surface area contributed by atoms with Crippen LogP contribution in [0.25, 0.3) is 0 Å². The highest BCUT2D eigenvalue weighted by Crippen LogP contribution is 2.13. The minimum absolute atomic E-state index is 0.299. The van der Waals surface area contributed by atoms with Gasteiger partial charge in [-0.1, -0.05) is 19.1 Å².